The maximum absolute atomic E-state index is 2.35. The van der Waals surface area contributed by atoms with Crippen LogP contribution in [0, 0.1) is 5.41 Å². The van der Waals surface area contributed by atoms with Crippen molar-refractivity contribution >= 4 is 0 Å². The molecule has 0 aromatic heterocycles. The first-order valence-corrected chi connectivity index (χ1v) is 9.45. The second kappa shape index (κ2) is 9.64. The molecule has 0 fully saturated rings. The van der Waals surface area contributed by atoms with E-state index in [-0.39, 0.29) is 0 Å². The molecule has 0 bridgehead atoms. The van der Waals surface area contributed by atoms with Crippen LogP contribution in [0.4, 0.5) is 0 Å². The third-order valence-corrected chi connectivity index (χ3v) is 5.25. The Bertz CT molecular complexity index is 276. The number of rotatable bonds is 12. The zero-order valence-electron chi connectivity index (χ0n) is 14.7. The van der Waals surface area contributed by atoms with Crippen LogP contribution in [0.2, 0.25) is 0 Å². The summed E-state index contributed by atoms with van der Waals surface area (Å²) < 4.78 is 0. The van der Waals surface area contributed by atoms with Gasteiger partial charge >= 0.3 is 0 Å². The van der Waals surface area contributed by atoms with Gasteiger partial charge < -0.3 is 0 Å². The Morgan fingerprint density at radius 3 is 1.70 bits per heavy atom. The SMILES string of the molecule is CCCCC1=C(CCCC)C(CCCC)(CCCC)C1. The average Bonchev–Trinajstić information content (AvgIpc) is 2.45. The van der Waals surface area contributed by atoms with Crippen LogP contribution in [-0.4, -0.2) is 0 Å². The molecule has 20 heavy (non-hydrogen) atoms. The topological polar surface area (TPSA) is 0 Å². The molecule has 1 rings (SSSR count). The molecule has 0 heterocycles. The van der Waals surface area contributed by atoms with Crippen molar-refractivity contribution in [1.29, 1.82) is 0 Å². The fraction of sp³-hybridized carbons (Fsp3) is 0.900. The predicted octanol–water partition coefficient (Wildman–Crippen LogP) is 7.43. The quantitative estimate of drug-likeness (QED) is 0.325. The van der Waals surface area contributed by atoms with Gasteiger partial charge in [0, 0.05) is 0 Å². The minimum absolute atomic E-state index is 0.643. The van der Waals surface area contributed by atoms with Gasteiger partial charge in [0.15, 0.2) is 0 Å². The van der Waals surface area contributed by atoms with E-state index in [2.05, 4.69) is 27.7 Å². The van der Waals surface area contributed by atoms with Gasteiger partial charge in [-0.05, 0) is 50.4 Å². The molecule has 0 saturated heterocycles. The van der Waals surface area contributed by atoms with Crippen molar-refractivity contribution in [2.24, 2.45) is 5.41 Å². The highest BCUT2D eigenvalue weighted by Crippen LogP contribution is 2.56. The molecule has 0 aromatic carbocycles. The van der Waals surface area contributed by atoms with Crippen LogP contribution in [0.3, 0.4) is 0 Å². The fourth-order valence-electron chi connectivity index (χ4n) is 3.95. The molecule has 0 unspecified atom stereocenters. The summed E-state index contributed by atoms with van der Waals surface area (Å²) in [6, 6.07) is 0. The van der Waals surface area contributed by atoms with Gasteiger partial charge in [-0.1, -0.05) is 77.4 Å². The first kappa shape index (κ1) is 17.8. The van der Waals surface area contributed by atoms with Crippen molar-refractivity contribution < 1.29 is 0 Å². The Morgan fingerprint density at radius 1 is 0.700 bits per heavy atom. The molecule has 0 spiro atoms. The summed E-state index contributed by atoms with van der Waals surface area (Å²) in [6.45, 7) is 9.36. The Balaban J connectivity index is 2.77. The summed E-state index contributed by atoms with van der Waals surface area (Å²) in [4.78, 5) is 0. The monoisotopic (exact) mass is 278 g/mol. The number of hydrogen-bond acceptors (Lipinski definition) is 0. The summed E-state index contributed by atoms with van der Waals surface area (Å²) in [5, 5.41) is 0. The number of unbranched alkanes of at least 4 members (excludes halogenated alkanes) is 4. The summed E-state index contributed by atoms with van der Waals surface area (Å²) in [7, 11) is 0. The van der Waals surface area contributed by atoms with Crippen molar-refractivity contribution in [2.45, 2.75) is 111 Å². The van der Waals surface area contributed by atoms with Crippen LogP contribution < -0.4 is 0 Å². The highest BCUT2D eigenvalue weighted by atomic mass is 14.5. The summed E-state index contributed by atoms with van der Waals surface area (Å²) in [5.41, 5.74) is 4.44. The van der Waals surface area contributed by atoms with Crippen molar-refractivity contribution in [1.82, 2.24) is 0 Å². The van der Waals surface area contributed by atoms with Crippen molar-refractivity contribution in [2.75, 3.05) is 0 Å². The van der Waals surface area contributed by atoms with E-state index in [1.807, 2.05) is 11.1 Å². The predicted molar refractivity (Wildman–Crippen MR) is 92.2 cm³/mol. The largest absolute Gasteiger partial charge is 0.0696 e. The van der Waals surface area contributed by atoms with Gasteiger partial charge in [-0.2, -0.15) is 0 Å². The van der Waals surface area contributed by atoms with Crippen LogP contribution in [-0.2, 0) is 0 Å². The van der Waals surface area contributed by atoms with Gasteiger partial charge in [0.25, 0.3) is 0 Å². The highest BCUT2D eigenvalue weighted by Gasteiger charge is 2.42. The van der Waals surface area contributed by atoms with E-state index < -0.39 is 0 Å². The minimum Gasteiger partial charge on any atom is -0.0696 e. The highest BCUT2D eigenvalue weighted by molar-refractivity contribution is 5.35. The first-order valence-electron chi connectivity index (χ1n) is 9.45. The van der Waals surface area contributed by atoms with Crippen molar-refractivity contribution in [3.05, 3.63) is 11.1 Å². The van der Waals surface area contributed by atoms with Gasteiger partial charge in [0.05, 0.1) is 0 Å². The maximum atomic E-state index is 2.35. The molecule has 0 radical (unpaired) electrons. The normalized spacial score (nSPS) is 17.4. The number of hydrogen-bond donors (Lipinski definition) is 0. The third-order valence-electron chi connectivity index (χ3n) is 5.25. The van der Waals surface area contributed by atoms with Crippen LogP contribution in [0.5, 0.6) is 0 Å². The molecule has 118 valence electrons. The van der Waals surface area contributed by atoms with Gasteiger partial charge in [-0.25, -0.2) is 0 Å². The molecule has 0 amide bonds. The molecule has 0 heteroatoms. The molecular weight excluding hydrogens is 240 g/mol. The summed E-state index contributed by atoms with van der Waals surface area (Å²) >= 11 is 0. The average molecular weight is 279 g/mol. The van der Waals surface area contributed by atoms with Crippen molar-refractivity contribution in [3.8, 4) is 0 Å². The molecule has 0 nitrogen and oxygen atoms in total. The smallest absolute Gasteiger partial charge is 0.00482 e. The van der Waals surface area contributed by atoms with Crippen molar-refractivity contribution in [3.63, 3.8) is 0 Å². The molecule has 0 saturated carbocycles. The van der Waals surface area contributed by atoms with Crippen LogP contribution in [0.1, 0.15) is 111 Å². The molecule has 0 aromatic rings. The molecule has 0 N–H and O–H groups in total. The van der Waals surface area contributed by atoms with Gasteiger partial charge in [-0.3, -0.25) is 0 Å². The lowest BCUT2D eigenvalue weighted by molar-refractivity contribution is 0.222. The maximum Gasteiger partial charge on any atom is -0.00482 e. The lowest BCUT2D eigenvalue weighted by Gasteiger charge is -2.48. The van der Waals surface area contributed by atoms with E-state index in [0.29, 0.717) is 5.41 Å². The van der Waals surface area contributed by atoms with E-state index in [0.717, 1.165) is 0 Å². The van der Waals surface area contributed by atoms with Gasteiger partial charge in [0.2, 0.25) is 0 Å². The van der Waals surface area contributed by atoms with Crippen LogP contribution in [0.25, 0.3) is 0 Å². The second-order valence-electron chi connectivity index (χ2n) is 6.95. The van der Waals surface area contributed by atoms with Gasteiger partial charge in [-0.15, -0.1) is 0 Å². The lowest BCUT2D eigenvalue weighted by Crippen LogP contribution is -2.34. The van der Waals surface area contributed by atoms with E-state index in [9.17, 15) is 0 Å². The molecule has 0 aliphatic heterocycles. The lowest BCUT2D eigenvalue weighted by atomic mass is 9.57. The van der Waals surface area contributed by atoms with E-state index in [4.69, 9.17) is 0 Å². The Hall–Kier alpha value is -0.260. The first-order chi connectivity index (χ1) is 9.74. The van der Waals surface area contributed by atoms with E-state index >= 15 is 0 Å². The van der Waals surface area contributed by atoms with E-state index in [1.54, 1.807) is 0 Å². The summed E-state index contributed by atoms with van der Waals surface area (Å²) in [5.74, 6) is 0. The second-order valence-corrected chi connectivity index (χ2v) is 6.95. The molecule has 0 atom stereocenters. The van der Waals surface area contributed by atoms with Crippen LogP contribution >= 0.6 is 0 Å². The van der Waals surface area contributed by atoms with Crippen LogP contribution in [0.15, 0.2) is 11.1 Å². The zero-order chi connectivity index (χ0) is 14.8. The number of allylic oxidation sites excluding steroid dienone is 2. The molecule has 1 aliphatic rings. The Morgan fingerprint density at radius 2 is 1.20 bits per heavy atom. The molecule has 1 aliphatic carbocycles. The third kappa shape index (κ3) is 4.64. The minimum atomic E-state index is 0.643. The zero-order valence-corrected chi connectivity index (χ0v) is 14.7. The fourth-order valence-corrected chi connectivity index (χ4v) is 3.95. The standard InChI is InChI=1S/C20H38/c1-5-9-13-18-17-20(15-11-7-3,16-12-8-4)19(18)14-10-6-2/h5-17H2,1-4H3. The van der Waals surface area contributed by atoms with E-state index in [1.165, 1.54) is 83.5 Å². The summed E-state index contributed by atoms with van der Waals surface area (Å²) in [6.07, 6.45) is 18.3. The Kier molecular flexibility index (Phi) is 8.57. The molecular formula is C20H38. The Labute approximate surface area is 128 Å². The van der Waals surface area contributed by atoms with Gasteiger partial charge in [0.1, 0.15) is 0 Å².